The van der Waals surface area contributed by atoms with Gasteiger partial charge in [-0.2, -0.15) is 0 Å². The molecule has 0 bridgehead atoms. The summed E-state index contributed by atoms with van der Waals surface area (Å²) in [6.45, 7) is 4.84. The number of hydrogen-bond acceptors (Lipinski definition) is 3. The molecule has 2 heterocycles. The van der Waals surface area contributed by atoms with Crippen molar-refractivity contribution >= 4 is 23.4 Å². The fourth-order valence-corrected chi connectivity index (χ4v) is 2.21. The lowest BCUT2D eigenvalue weighted by Gasteiger charge is -2.05. The zero-order chi connectivity index (χ0) is 13.1. The standard InChI is InChI=1S/C12H18N4OS/c1-3-5-6-7-16-10-9(11(18)15-12(16)17)13-8(4-2)14-10/h3-7H2,1-2H3,(H,13,14)(H,15,17,18). The van der Waals surface area contributed by atoms with Crippen molar-refractivity contribution in [1.82, 2.24) is 19.5 Å². The molecular weight excluding hydrogens is 248 g/mol. The summed E-state index contributed by atoms with van der Waals surface area (Å²) in [5.41, 5.74) is 1.27. The number of fused-ring (bicyclic) bond motifs is 1. The first-order valence-electron chi connectivity index (χ1n) is 6.39. The minimum absolute atomic E-state index is 0.169. The van der Waals surface area contributed by atoms with Crippen LogP contribution in [0.3, 0.4) is 0 Å². The molecule has 2 aromatic heterocycles. The van der Waals surface area contributed by atoms with Gasteiger partial charge in [-0.3, -0.25) is 9.55 Å². The van der Waals surface area contributed by atoms with E-state index in [-0.39, 0.29) is 5.69 Å². The van der Waals surface area contributed by atoms with Crippen LogP contribution in [0.25, 0.3) is 11.2 Å². The van der Waals surface area contributed by atoms with Crippen LogP contribution in [-0.2, 0) is 13.0 Å². The third-order valence-corrected chi connectivity index (χ3v) is 3.31. The number of hydrogen-bond donors (Lipinski definition) is 2. The summed E-state index contributed by atoms with van der Waals surface area (Å²) < 4.78 is 2.12. The van der Waals surface area contributed by atoms with Gasteiger partial charge in [-0.25, -0.2) is 9.78 Å². The normalized spacial score (nSPS) is 11.2. The second-order valence-electron chi connectivity index (χ2n) is 4.35. The highest BCUT2D eigenvalue weighted by atomic mass is 32.1. The molecule has 0 aliphatic carbocycles. The van der Waals surface area contributed by atoms with E-state index in [9.17, 15) is 4.79 Å². The fourth-order valence-electron chi connectivity index (χ4n) is 1.98. The van der Waals surface area contributed by atoms with E-state index in [1.54, 1.807) is 4.57 Å². The molecule has 0 saturated carbocycles. The molecular formula is C12H18N4OS. The monoisotopic (exact) mass is 266 g/mol. The van der Waals surface area contributed by atoms with Crippen molar-refractivity contribution in [2.45, 2.75) is 46.1 Å². The van der Waals surface area contributed by atoms with Crippen molar-refractivity contribution in [3.63, 3.8) is 0 Å². The van der Waals surface area contributed by atoms with Gasteiger partial charge in [-0.1, -0.05) is 38.9 Å². The molecule has 6 heteroatoms. The van der Waals surface area contributed by atoms with Gasteiger partial charge < -0.3 is 4.98 Å². The second kappa shape index (κ2) is 5.48. The number of aromatic nitrogens is 4. The molecule has 98 valence electrons. The molecule has 18 heavy (non-hydrogen) atoms. The maximum Gasteiger partial charge on any atom is 0.328 e. The first-order valence-corrected chi connectivity index (χ1v) is 6.79. The van der Waals surface area contributed by atoms with E-state index in [1.807, 2.05) is 6.92 Å². The molecule has 0 saturated heterocycles. The smallest absolute Gasteiger partial charge is 0.328 e. The van der Waals surface area contributed by atoms with Gasteiger partial charge in [0.25, 0.3) is 0 Å². The number of aromatic amines is 2. The Hall–Kier alpha value is -1.43. The summed E-state index contributed by atoms with van der Waals surface area (Å²) in [6.07, 6.45) is 4.01. The van der Waals surface area contributed by atoms with Gasteiger partial charge in [0.2, 0.25) is 0 Å². The SMILES string of the molecule is CCCCCn1c(=O)[nH]c(=S)c2[nH]c(CC)nc21. The molecule has 0 aliphatic rings. The van der Waals surface area contributed by atoms with Crippen LogP contribution in [-0.4, -0.2) is 19.5 Å². The van der Waals surface area contributed by atoms with E-state index in [0.717, 1.165) is 37.0 Å². The van der Waals surface area contributed by atoms with E-state index in [2.05, 4.69) is 21.9 Å². The first kappa shape index (κ1) is 13.0. The van der Waals surface area contributed by atoms with Crippen LogP contribution in [0.2, 0.25) is 0 Å². The molecule has 5 nitrogen and oxygen atoms in total. The van der Waals surface area contributed by atoms with Gasteiger partial charge in [0.15, 0.2) is 5.65 Å². The molecule has 0 aliphatic heterocycles. The molecule has 0 unspecified atom stereocenters. The number of imidazole rings is 1. The summed E-state index contributed by atoms with van der Waals surface area (Å²) in [4.78, 5) is 22.2. The van der Waals surface area contributed by atoms with Crippen LogP contribution < -0.4 is 5.69 Å². The Morgan fingerprint density at radius 1 is 1.28 bits per heavy atom. The molecule has 0 atom stereocenters. The first-order chi connectivity index (χ1) is 8.67. The third-order valence-electron chi connectivity index (χ3n) is 3.00. The highest BCUT2D eigenvalue weighted by Crippen LogP contribution is 2.11. The highest BCUT2D eigenvalue weighted by molar-refractivity contribution is 7.71. The van der Waals surface area contributed by atoms with Crippen LogP contribution in [0.4, 0.5) is 0 Å². The van der Waals surface area contributed by atoms with Crippen molar-refractivity contribution in [2.75, 3.05) is 0 Å². The van der Waals surface area contributed by atoms with Crippen molar-refractivity contribution in [2.24, 2.45) is 0 Å². The predicted octanol–water partition coefficient (Wildman–Crippen LogP) is 2.53. The van der Waals surface area contributed by atoms with Crippen molar-refractivity contribution in [3.05, 3.63) is 20.9 Å². The summed E-state index contributed by atoms with van der Waals surface area (Å²) in [6, 6.07) is 0. The number of nitrogens with zero attached hydrogens (tertiary/aromatic N) is 2. The Labute approximate surface area is 110 Å². The van der Waals surface area contributed by atoms with Crippen LogP contribution in [0.5, 0.6) is 0 Å². The minimum atomic E-state index is -0.169. The number of H-pyrrole nitrogens is 2. The summed E-state index contributed by atoms with van der Waals surface area (Å²) in [7, 11) is 0. The molecule has 0 amide bonds. The molecule has 2 aromatic rings. The summed E-state index contributed by atoms with van der Waals surface area (Å²) in [5.74, 6) is 0.861. The van der Waals surface area contributed by atoms with E-state index in [0.29, 0.717) is 16.8 Å². The van der Waals surface area contributed by atoms with Gasteiger partial charge in [-0.05, 0) is 6.42 Å². The van der Waals surface area contributed by atoms with Crippen molar-refractivity contribution in [3.8, 4) is 0 Å². The fraction of sp³-hybridized carbons (Fsp3) is 0.583. The van der Waals surface area contributed by atoms with Crippen LogP contribution in [0, 0.1) is 4.64 Å². The van der Waals surface area contributed by atoms with Gasteiger partial charge in [0, 0.05) is 13.0 Å². The van der Waals surface area contributed by atoms with E-state index in [1.165, 1.54) is 0 Å². The van der Waals surface area contributed by atoms with Gasteiger partial charge in [0.05, 0.1) is 0 Å². The van der Waals surface area contributed by atoms with Crippen LogP contribution in [0.1, 0.15) is 38.9 Å². The Morgan fingerprint density at radius 3 is 2.72 bits per heavy atom. The molecule has 2 rings (SSSR count). The van der Waals surface area contributed by atoms with Crippen molar-refractivity contribution in [1.29, 1.82) is 0 Å². The third kappa shape index (κ3) is 2.38. The second-order valence-corrected chi connectivity index (χ2v) is 4.76. The Bertz CT molecular complexity index is 652. The van der Waals surface area contributed by atoms with E-state index >= 15 is 0 Å². The molecule has 0 aromatic carbocycles. The molecule has 2 N–H and O–H groups in total. The number of nitrogens with one attached hydrogen (secondary N) is 2. The quantitative estimate of drug-likeness (QED) is 0.645. The minimum Gasteiger partial charge on any atom is -0.338 e. The lowest BCUT2D eigenvalue weighted by atomic mass is 10.2. The Kier molecular flexibility index (Phi) is 3.96. The number of rotatable bonds is 5. The zero-order valence-corrected chi connectivity index (χ0v) is 11.6. The Morgan fingerprint density at radius 2 is 2.06 bits per heavy atom. The van der Waals surface area contributed by atoms with Gasteiger partial charge in [-0.15, -0.1) is 0 Å². The lowest BCUT2D eigenvalue weighted by molar-refractivity contribution is 0.589. The average Bonchev–Trinajstić information content (AvgIpc) is 2.78. The van der Waals surface area contributed by atoms with Crippen molar-refractivity contribution < 1.29 is 0 Å². The topological polar surface area (TPSA) is 66.5 Å². The van der Waals surface area contributed by atoms with Gasteiger partial charge in [0.1, 0.15) is 16.0 Å². The lowest BCUT2D eigenvalue weighted by Crippen LogP contribution is -2.23. The maximum atomic E-state index is 11.9. The highest BCUT2D eigenvalue weighted by Gasteiger charge is 2.10. The van der Waals surface area contributed by atoms with Crippen LogP contribution in [0.15, 0.2) is 4.79 Å². The summed E-state index contributed by atoms with van der Waals surface area (Å²) >= 11 is 5.16. The molecule has 0 spiro atoms. The Balaban J connectivity index is 2.53. The van der Waals surface area contributed by atoms with Crippen LogP contribution >= 0.6 is 12.2 Å². The van der Waals surface area contributed by atoms with Gasteiger partial charge >= 0.3 is 5.69 Å². The molecule has 0 fully saturated rings. The van der Waals surface area contributed by atoms with E-state index in [4.69, 9.17) is 12.2 Å². The maximum absolute atomic E-state index is 11.9. The van der Waals surface area contributed by atoms with E-state index < -0.39 is 0 Å². The zero-order valence-electron chi connectivity index (χ0n) is 10.7. The average molecular weight is 266 g/mol. The number of aryl methyl sites for hydroxylation is 2. The summed E-state index contributed by atoms with van der Waals surface area (Å²) in [5, 5.41) is 0. The molecule has 0 radical (unpaired) electrons. The largest absolute Gasteiger partial charge is 0.338 e. The number of unbranched alkanes of at least 4 members (excludes halogenated alkanes) is 2. The predicted molar refractivity (Wildman–Crippen MR) is 74.4 cm³/mol.